The largest absolute Gasteiger partial charge is 0.343 e. The van der Waals surface area contributed by atoms with E-state index >= 15 is 0 Å². The van der Waals surface area contributed by atoms with Crippen LogP contribution in [0, 0.1) is 13.0 Å². The molecule has 0 aliphatic carbocycles. The van der Waals surface area contributed by atoms with E-state index < -0.39 is 11.7 Å². The predicted octanol–water partition coefficient (Wildman–Crippen LogP) is 6.43. The normalized spacial score (nSPS) is 14.2. The van der Waals surface area contributed by atoms with Crippen molar-refractivity contribution in [2.24, 2.45) is 0 Å². The first-order chi connectivity index (χ1) is 14.4. The van der Waals surface area contributed by atoms with Gasteiger partial charge in [0.25, 0.3) is 5.91 Å². The molecule has 0 atom stereocenters. The average molecular weight is 645 g/mol. The van der Waals surface area contributed by atoms with E-state index in [1.54, 1.807) is 17.4 Å². The van der Waals surface area contributed by atoms with Crippen LogP contribution in [0.2, 0.25) is 0 Å². The Morgan fingerprint density at radius 3 is 2.67 bits per heavy atom. The first-order valence-electron chi connectivity index (χ1n) is 9.32. The summed E-state index contributed by atoms with van der Waals surface area (Å²) in [5, 5.41) is 5.85. The predicted molar refractivity (Wildman–Crippen MR) is 138 cm³/mol. The number of carbonyl (C=O) groups excluding carboxylic acids is 1. The second-order valence-corrected chi connectivity index (χ2v) is 10.3. The molecule has 0 spiro atoms. The van der Waals surface area contributed by atoms with E-state index in [2.05, 4.69) is 22.1 Å². The van der Waals surface area contributed by atoms with E-state index in [9.17, 15) is 9.18 Å². The van der Waals surface area contributed by atoms with Crippen LogP contribution in [0.15, 0.2) is 53.5 Å². The van der Waals surface area contributed by atoms with Gasteiger partial charge in [-0.25, -0.2) is 9.37 Å². The SMILES string of the molecule is CC1=C(c2ccc(NC(=O)c3c(F)cc(I)cc3I)cc2)CN(c2nccs2)CC1. The number of nitrogens with zero attached hydrogens (tertiary/aromatic N) is 2. The summed E-state index contributed by atoms with van der Waals surface area (Å²) >= 11 is 5.68. The van der Waals surface area contributed by atoms with Crippen LogP contribution in [0.25, 0.3) is 5.57 Å². The zero-order valence-electron chi connectivity index (χ0n) is 16.1. The molecule has 8 heteroatoms. The van der Waals surface area contributed by atoms with Gasteiger partial charge in [-0.1, -0.05) is 17.7 Å². The molecule has 2 heterocycles. The molecule has 1 aliphatic rings. The fraction of sp³-hybridized carbons (Fsp3) is 0.182. The second-order valence-electron chi connectivity index (χ2n) is 7.02. The highest BCUT2D eigenvalue weighted by Crippen LogP contribution is 2.31. The Bertz CT molecular complexity index is 1090. The minimum Gasteiger partial charge on any atom is -0.343 e. The van der Waals surface area contributed by atoms with E-state index in [0.717, 1.165) is 33.8 Å². The van der Waals surface area contributed by atoms with Crippen molar-refractivity contribution in [1.29, 1.82) is 0 Å². The molecule has 2 aromatic carbocycles. The average Bonchev–Trinajstić information content (AvgIpc) is 3.23. The van der Waals surface area contributed by atoms with Crippen molar-refractivity contribution < 1.29 is 9.18 Å². The maximum Gasteiger partial charge on any atom is 0.259 e. The van der Waals surface area contributed by atoms with Gasteiger partial charge in [0, 0.05) is 37.5 Å². The van der Waals surface area contributed by atoms with E-state index in [1.165, 1.54) is 17.2 Å². The molecule has 0 saturated heterocycles. The van der Waals surface area contributed by atoms with Crippen molar-refractivity contribution in [3.63, 3.8) is 0 Å². The van der Waals surface area contributed by atoms with Crippen LogP contribution < -0.4 is 10.2 Å². The molecular formula is C22H18FI2N3OS. The highest BCUT2D eigenvalue weighted by Gasteiger charge is 2.20. The number of hydrogen-bond acceptors (Lipinski definition) is 4. The lowest BCUT2D eigenvalue weighted by molar-refractivity contribution is 0.102. The van der Waals surface area contributed by atoms with Crippen LogP contribution in [0.1, 0.15) is 29.3 Å². The van der Waals surface area contributed by atoms with Crippen LogP contribution in [0.3, 0.4) is 0 Å². The number of carbonyl (C=O) groups is 1. The summed E-state index contributed by atoms with van der Waals surface area (Å²) in [6, 6.07) is 10.9. The minimum atomic E-state index is -0.509. The first kappa shape index (κ1) is 21.7. The molecule has 0 saturated carbocycles. The van der Waals surface area contributed by atoms with E-state index in [-0.39, 0.29) is 5.56 Å². The Morgan fingerprint density at radius 1 is 1.23 bits per heavy atom. The molecule has 1 aliphatic heterocycles. The Morgan fingerprint density at radius 2 is 2.00 bits per heavy atom. The van der Waals surface area contributed by atoms with Gasteiger partial charge in [0.05, 0.1) is 5.56 Å². The summed E-state index contributed by atoms with van der Waals surface area (Å²) < 4.78 is 15.6. The smallest absolute Gasteiger partial charge is 0.259 e. The van der Waals surface area contributed by atoms with Crippen molar-refractivity contribution in [2.75, 3.05) is 23.3 Å². The summed E-state index contributed by atoms with van der Waals surface area (Å²) in [6.45, 7) is 3.96. The Kier molecular flexibility index (Phi) is 6.73. The molecule has 4 nitrogen and oxygen atoms in total. The van der Waals surface area contributed by atoms with E-state index in [0.29, 0.717) is 9.26 Å². The van der Waals surface area contributed by atoms with Crippen LogP contribution >= 0.6 is 56.5 Å². The number of thiazole rings is 1. The molecule has 0 radical (unpaired) electrons. The molecule has 1 aromatic heterocycles. The molecule has 0 unspecified atom stereocenters. The molecule has 1 amide bonds. The van der Waals surface area contributed by atoms with Gasteiger partial charge >= 0.3 is 0 Å². The van der Waals surface area contributed by atoms with Crippen LogP contribution in [0.5, 0.6) is 0 Å². The lowest BCUT2D eigenvalue weighted by atomic mass is 9.95. The van der Waals surface area contributed by atoms with E-state index in [4.69, 9.17) is 0 Å². The van der Waals surface area contributed by atoms with Crippen LogP contribution in [0.4, 0.5) is 15.2 Å². The highest BCUT2D eigenvalue weighted by molar-refractivity contribution is 14.1. The Labute approximate surface area is 205 Å². The maximum atomic E-state index is 14.3. The summed E-state index contributed by atoms with van der Waals surface area (Å²) in [4.78, 5) is 19.3. The second kappa shape index (κ2) is 9.31. The summed E-state index contributed by atoms with van der Waals surface area (Å²) in [5.41, 5.74) is 4.50. The molecular weight excluding hydrogens is 627 g/mol. The monoisotopic (exact) mass is 645 g/mol. The molecule has 30 heavy (non-hydrogen) atoms. The lowest BCUT2D eigenvalue weighted by Crippen LogP contribution is -2.30. The zero-order chi connectivity index (χ0) is 21.3. The summed E-state index contributed by atoms with van der Waals surface area (Å²) in [7, 11) is 0. The van der Waals surface area contributed by atoms with Gasteiger partial charge in [-0.3, -0.25) is 4.79 Å². The van der Waals surface area contributed by atoms with Crippen LogP contribution in [-0.4, -0.2) is 24.0 Å². The van der Waals surface area contributed by atoms with Gasteiger partial charge in [0.2, 0.25) is 0 Å². The minimum absolute atomic E-state index is 0.0741. The Balaban J connectivity index is 1.51. The van der Waals surface area contributed by atoms with Crippen LogP contribution in [-0.2, 0) is 0 Å². The van der Waals surface area contributed by atoms with Crippen molar-refractivity contribution in [2.45, 2.75) is 13.3 Å². The Hall–Kier alpha value is -1.53. The number of nitrogens with one attached hydrogen (secondary N) is 1. The van der Waals surface area contributed by atoms with Gasteiger partial charge < -0.3 is 10.2 Å². The number of benzene rings is 2. The third-order valence-electron chi connectivity index (χ3n) is 5.04. The van der Waals surface area contributed by atoms with Gasteiger partial charge in [-0.2, -0.15) is 0 Å². The van der Waals surface area contributed by atoms with Crippen molar-refractivity contribution in [1.82, 2.24) is 4.98 Å². The quantitative estimate of drug-likeness (QED) is 0.333. The summed E-state index contributed by atoms with van der Waals surface area (Å²) in [5.74, 6) is -0.949. The lowest BCUT2D eigenvalue weighted by Gasteiger charge is -2.30. The molecule has 0 fully saturated rings. The van der Waals surface area contributed by atoms with Crippen molar-refractivity contribution in [3.8, 4) is 0 Å². The van der Waals surface area contributed by atoms with Gasteiger partial charge in [-0.05, 0) is 93.9 Å². The summed E-state index contributed by atoms with van der Waals surface area (Å²) in [6.07, 6.45) is 2.83. The molecule has 0 bridgehead atoms. The molecule has 4 rings (SSSR count). The topological polar surface area (TPSA) is 45.2 Å². The highest BCUT2D eigenvalue weighted by atomic mass is 127. The number of amides is 1. The number of anilines is 2. The maximum absolute atomic E-state index is 14.3. The van der Waals surface area contributed by atoms with Crippen molar-refractivity contribution in [3.05, 3.63) is 77.6 Å². The van der Waals surface area contributed by atoms with Gasteiger partial charge in [-0.15, -0.1) is 11.3 Å². The third kappa shape index (κ3) is 4.70. The van der Waals surface area contributed by atoms with Crippen molar-refractivity contribution >= 4 is 78.8 Å². The third-order valence-corrected chi connectivity index (χ3v) is 7.34. The van der Waals surface area contributed by atoms with Gasteiger partial charge in [0.1, 0.15) is 5.82 Å². The number of rotatable bonds is 4. The molecule has 1 N–H and O–H groups in total. The number of halogens is 3. The van der Waals surface area contributed by atoms with E-state index in [1.807, 2.05) is 81.0 Å². The number of hydrogen-bond donors (Lipinski definition) is 1. The first-order valence-corrected chi connectivity index (χ1v) is 12.4. The molecule has 154 valence electrons. The fourth-order valence-corrected chi connectivity index (χ4v) is 6.13. The molecule has 3 aromatic rings. The number of aromatic nitrogens is 1. The van der Waals surface area contributed by atoms with Gasteiger partial charge in [0.15, 0.2) is 5.13 Å². The zero-order valence-corrected chi connectivity index (χ0v) is 21.2. The standard InChI is InChI=1S/C22H18FI2N3OS/c1-13-6-8-28(22-26-7-9-30-22)12-17(13)14-2-4-16(5-3-14)27-21(29)20-18(23)10-15(24)11-19(20)25/h2-5,7,9-11H,6,8,12H2,1H3,(H,27,29). The fourth-order valence-electron chi connectivity index (χ4n) is 3.44.